The number of rotatable bonds is 6. The SMILES string of the molecule is CC(=O)N(c1nc(CSc2n[nH]c(-c3cccs3)n2)cs1)c1c(C)cc(C)cc1Cl. The molecule has 0 bridgehead atoms. The third-order valence-electron chi connectivity index (χ3n) is 4.24. The van der Waals surface area contributed by atoms with Gasteiger partial charge in [-0.2, -0.15) is 0 Å². The number of nitrogens with zero attached hydrogens (tertiary/aromatic N) is 4. The number of halogens is 1. The van der Waals surface area contributed by atoms with Gasteiger partial charge in [0, 0.05) is 18.1 Å². The van der Waals surface area contributed by atoms with Crippen LogP contribution >= 0.6 is 46.0 Å². The molecular formula is C20H18ClN5OS3. The average Bonchev–Trinajstić information content (AvgIpc) is 3.44. The summed E-state index contributed by atoms with van der Waals surface area (Å²) in [6, 6.07) is 7.85. The van der Waals surface area contributed by atoms with Gasteiger partial charge in [-0.3, -0.25) is 14.8 Å². The predicted octanol–water partition coefficient (Wildman–Crippen LogP) is 6.24. The van der Waals surface area contributed by atoms with Gasteiger partial charge in [0.2, 0.25) is 11.1 Å². The van der Waals surface area contributed by atoms with Gasteiger partial charge < -0.3 is 0 Å². The number of carbonyl (C=O) groups is 1. The highest BCUT2D eigenvalue weighted by Gasteiger charge is 2.22. The van der Waals surface area contributed by atoms with Gasteiger partial charge in [0.05, 0.1) is 21.3 Å². The van der Waals surface area contributed by atoms with Gasteiger partial charge in [-0.1, -0.05) is 35.5 Å². The fourth-order valence-electron chi connectivity index (χ4n) is 3.02. The molecule has 4 aromatic rings. The first-order valence-corrected chi connectivity index (χ1v) is 12.2. The topological polar surface area (TPSA) is 74.8 Å². The van der Waals surface area contributed by atoms with Gasteiger partial charge in [0.1, 0.15) is 0 Å². The van der Waals surface area contributed by atoms with E-state index in [9.17, 15) is 4.79 Å². The summed E-state index contributed by atoms with van der Waals surface area (Å²) < 4.78 is 0. The van der Waals surface area contributed by atoms with E-state index < -0.39 is 0 Å². The van der Waals surface area contributed by atoms with E-state index in [1.165, 1.54) is 30.0 Å². The number of H-pyrrole nitrogens is 1. The van der Waals surface area contributed by atoms with Gasteiger partial charge in [-0.05, 0) is 42.5 Å². The number of thiazole rings is 1. The largest absolute Gasteiger partial charge is 0.274 e. The minimum absolute atomic E-state index is 0.132. The van der Waals surface area contributed by atoms with Gasteiger partial charge >= 0.3 is 0 Å². The molecule has 0 saturated heterocycles. The molecule has 0 fully saturated rings. The summed E-state index contributed by atoms with van der Waals surface area (Å²) >= 11 is 11.0. The van der Waals surface area contributed by atoms with E-state index >= 15 is 0 Å². The Morgan fingerprint density at radius 2 is 2.10 bits per heavy atom. The van der Waals surface area contributed by atoms with Gasteiger partial charge in [0.25, 0.3) is 0 Å². The number of thioether (sulfide) groups is 1. The number of aromatic nitrogens is 4. The second-order valence-electron chi connectivity index (χ2n) is 6.62. The molecule has 10 heteroatoms. The van der Waals surface area contributed by atoms with Crippen molar-refractivity contribution in [3.8, 4) is 10.7 Å². The molecule has 6 nitrogen and oxygen atoms in total. The van der Waals surface area contributed by atoms with Crippen molar-refractivity contribution in [2.45, 2.75) is 31.7 Å². The predicted molar refractivity (Wildman–Crippen MR) is 125 cm³/mol. The van der Waals surface area contributed by atoms with Crippen LogP contribution in [0.2, 0.25) is 5.02 Å². The number of benzene rings is 1. The zero-order valence-electron chi connectivity index (χ0n) is 16.5. The quantitative estimate of drug-likeness (QED) is 0.334. The maximum Gasteiger partial charge on any atom is 0.230 e. The fraction of sp³-hybridized carbons (Fsp3) is 0.200. The molecule has 1 N–H and O–H groups in total. The number of amides is 1. The van der Waals surface area contributed by atoms with Crippen LogP contribution in [0.3, 0.4) is 0 Å². The molecule has 0 spiro atoms. The first kappa shape index (κ1) is 21.0. The molecule has 30 heavy (non-hydrogen) atoms. The standard InChI is InChI=1S/C20H18ClN5OS3/c1-11-7-12(2)17(15(21)8-11)26(13(3)27)20-22-14(10-30-20)9-29-19-23-18(24-25-19)16-5-4-6-28-16/h4-8,10H,9H2,1-3H3,(H,23,24,25). The number of hydrogen-bond acceptors (Lipinski definition) is 7. The highest BCUT2D eigenvalue weighted by molar-refractivity contribution is 7.98. The van der Waals surface area contributed by atoms with Crippen molar-refractivity contribution in [2.75, 3.05) is 4.90 Å². The summed E-state index contributed by atoms with van der Waals surface area (Å²) in [6.07, 6.45) is 0. The second kappa shape index (κ2) is 8.89. The van der Waals surface area contributed by atoms with E-state index in [-0.39, 0.29) is 5.91 Å². The Bertz CT molecular complexity index is 1160. The molecule has 0 aliphatic heterocycles. The van der Waals surface area contributed by atoms with Crippen LogP contribution < -0.4 is 4.90 Å². The molecule has 4 rings (SSSR count). The first-order valence-electron chi connectivity index (χ1n) is 9.03. The lowest BCUT2D eigenvalue weighted by Gasteiger charge is -2.22. The Morgan fingerprint density at radius 3 is 2.80 bits per heavy atom. The normalized spacial score (nSPS) is 11.1. The van der Waals surface area contributed by atoms with E-state index in [4.69, 9.17) is 11.6 Å². The lowest BCUT2D eigenvalue weighted by molar-refractivity contribution is -0.115. The molecule has 154 valence electrons. The Kier molecular flexibility index (Phi) is 6.24. The highest BCUT2D eigenvalue weighted by atomic mass is 35.5. The number of aromatic amines is 1. The number of nitrogens with one attached hydrogen (secondary N) is 1. The molecule has 3 aromatic heterocycles. The lowest BCUT2D eigenvalue weighted by atomic mass is 10.1. The van der Waals surface area contributed by atoms with Crippen molar-refractivity contribution < 1.29 is 4.79 Å². The zero-order chi connectivity index (χ0) is 21.3. The van der Waals surface area contributed by atoms with E-state index in [0.29, 0.717) is 26.8 Å². The Balaban J connectivity index is 1.52. The van der Waals surface area contributed by atoms with Crippen LogP contribution in [0.5, 0.6) is 0 Å². The monoisotopic (exact) mass is 475 g/mol. The fourth-order valence-corrected chi connectivity index (χ4v) is 5.76. The number of carbonyl (C=O) groups excluding carboxylic acids is 1. The molecule has 0 atom stereocenters. The van der Waals surface area contributed by atoms with Crippen molar-refractivity contribution >= 4 is 62.8 Å². The third-order valence-corrected chi connectivity index (χ3v) is 7.16. The lowest BCUT2D eigenvalue weighted by Crippen LogP contribution is -2.24. The highest BCUT2D eigenvalue weighted by Crippen LogP contribution is 2.38. The van der Waals surface area contributed by atoms with E-state index in [2.05, 4.69) is 20.2 Å². The molecule has 1 amide bonds. The van der Waals surface area contributed by atoms with Crippen LogP contribution in [0.4, 0.5) is 10.8 Å². The van der Waals surface area contributed by atoms with Crippen LogP contribution in [0, 0.1) is 13.8 Å². The average molecular weight is 476 g/mol. The van der Waals surface area contributed by atoms with Crippen LogP contribution in [0.1, 0.15) is 23.7 Å². The Hall–Kier alpha value is -2.20. The minimum atomic E-state index is -0.132. The molecule has 0 aliphatic carbocycles. The van der Waals surface area contributed by atoms with Crippen molar-refractivity contribution in [1.82, 2.24) is 20.2 Å². The summed E-state index contributed by atoms with van der Waals surface area (Å²) in [5.74, 6) is 1.23. The van der Waals surface area contributed by atoms with Crippen molar-refractivity contribution in [3.05, 3.63) is 56.9 Å². The Labute approximate surface area is 191 Å². The molecule has 3 heterocycles. The molecule has 0 aliphatic rings. The minimum Gasteiger partial charge on any atom is -0.274 e. The molecule has 0 radical (unpaired) electrons. The van der Waals surface area contributed by atoms with Gasteiger partial charge in [0.15, 0.2) is 11.0 Å². The van der Waals surface area contributed by atoms with E-state index in [1.807, 2.05) is 48.9 Å². The second-order valence-corrected chi connectivity index (χ2v) is 9.75. The van der Waals surface area contributed by atoms with Gasteiger partial charge in [-0.25, -0.2) is 9.97 Å². The number of hydrogen-bond donors (Lipinski definition) is 1. The molecule has 0 unspecified atom stereocenters. The molecular weight excluding hydrogens is 458 g/mol. The smallest absolute Gasteiger partial charge is 0.230 e. The summed E-state index contributed by atoms with van der Waals surface area (Å²) in [5, 5.41) is 13.0. The third kappa shape index (κ3) is 4.44. The number of anilines is 2. The maximum absolute atomic E-state index is 12.4. The van der Waals surface area contributed by atoms with E-state index in [0.717, 1.165) is 27.5 Å². The van der Waals surface area contributed by atoms with Crippen LogP contribution in [-0.2, 0) is 10.5 Å². The van der Waals surface area contributed by atoms with Gasteiger partial charge in [-0.15, -0.1) is 27.8 Å². The summed E-state index contributed by atoms with van der Waals surface area (Å²) in [4.78, 5) is 24.3. The summed E-state index contributed by atoms with van der Waals surface area (Å²) in [5.41, 5.74) is 3.52. The molecule has 1 aromatic carbocycles. The summed E-state index contributed by atoms with van der Waals surface area (Å²) in [7, 11) is 0. The number of thiophene rings is 1. The molecule has 0 saturated carbocycles. The van der Waals surface area contributed by atoms with Crippen molar-refractivity contribution in [2.24, 2.45) is 0 Å². The summed E-state index contributed by atoms with van der Waals surface area (Å²) in [6.45, 7) is 5.45. The van der Waals surface area contributed by atoms with Crippen molar-refractivity contribution in [3.63, 3.8) is 0 Å². The first-order chi connectivity index (χ1) is 14.4. The van der Waals surface area contributed by atoms with Crippen molar-refractivity contribution in [1.29, 1.82) is 0 Å². The van der Waals surface area contributed by atoms with Crippen LogP contribution in [-0.4, -0.2) is 26.1 Å². The Morgan fingerprint density at radius 1 is 1.27 bits per heavy atom. The maximum atomic E-state index is 12.4. The van der Waals surface area contributed by atoms with Crippen LogP contribution in [0.15, 0.2) is 40.2 Å². The zero-order valence-corrected chi connectivity index (χ0v) is 19.7. The van der Waals surface area contributed by atoms with E-state index in [1.54, 1.807) is 16.2 Å². The van der Waals surface area contributed by atoms with Crippen LogP contribution in [0.25, 0.3) is 10.7 Å². The number of aryl methyl sites for hydroxylation is 2.